The minimum absolute atomic E-state index is 0.228. The second-order valence-corrected chi connectivity index (χ2v) is 5.00. The van der Waals surface area contributed by atoms with E-state index in [9.17, 15) is 5.11 Å². The first-order chi connectivity index (χ1) is 7.15. The Balaban J connectivity index is 2.36. The van der Waals surface area contributed by atoms with Gasteiger partial charge in [-0.3, -0.25) is 0 Å². The van der Waals surface area contributed by atoms with Gasteiger partial charge in [0.05, 0.1) is 13.7 Å². The van der Waals surface area contributed by atoms with Gasteiger partial charge in [-0.1, -0.05) is 0 Å². The molecule has 4 heteroatoms. The number of rotatable bonds is 2. The summed E-state index contributed by atoms with van der Waals surface area (Å²) in [6, 6.07) is 5.30. The van der Waals surface area contributed by atoms with Gasteiger partial charge in [0.25, 0.3) is 0 Å². The summed E-state index contributed by atoms with van der Waals surface area (Å²) in [6.07, 6.45) is 0. The lowest BCUT2D eigenvalue weighted by Crippen LogP contribution is -2.16. The van der Waals surface area contributed by atoms with Crippen LogP contribution in [0, 0.1) is 0 Å². The Kier molecular flexibility index (Phi) is 2.80. The van der Waals surface area contributed by atoms with Crippen molar-refractivity contribution >= 4 is 11.8 Å². The molecule has 1 aliphatic heterocycles. The predicted octanol–water partition coefficient (Wildman–Crippen LogP) is 2.34. The summed E-state index contributed by atoms with van der Waals surface area (Å²) in [5.74, 6) is 1.84. The first-order valence-electron chi connectivity index (χ1n) is 4.81. The fourth-order valence-corrected chi connectivity index (χ4v) is 2.74. The number of aromatic hydroxyl groups is 1. The SMILES string of the molecule is COc1ccc(C2(C)OCCS2)c(O)c1. The van der Waals surface area contributed by atoms with Gasteiger partial charge < -0.3 is 14.6 Å². The van der Waals surface area contributed by atoms with Crippen LogP contribution < -0.4 is 4.74 Å². The van der Waals surface area contributed by atoms with Crippen LogP contribution in [0.15, 0.2) is 18.2 Å². The number of benzene rings is 1. The third-order valence-corrected chi connectivity index (χ3v) is 3.79. The maximum atomic E-state index is 9.87. The number of thioether (sulfide) groups is 1. The molecule has 1 saturated heterocycles. The number of hydrogen-bond donors (Lipinski definition) is 1. The highest BCUT2D eigenvalue weighted by molar-refractivity contribution is 8.00. The van der Waals surface area contributed by atoms with E-state index in [1.54, 1.807) is 24.9 Å². The van der Waals surface area contributed by atoms with E-state index in [0.29, 0.717) is 5.75 Å². The Labute approximate surface area is 93.4 Å². The van der Waals surface area contributed by atoms with Crippen molar-refractivity contribution in [1.82, 2.24) is 0 Å². The standard InChI is InChI=1S/C11H14O3S/c1-11(14-5-6-15-11)9-4-3-8(13-2)7-10(9)12/h3-4,7,12H,5-6H2,1-2H3. The molecule has 1 heterocycles. The van der Waals surface area contributed by atoms with E-state index in [1.165, 1.54) is 0 Å². The van der Waals surface area contributed by atoms with Gasteiger partial charge in [-0.25, -0.2) is 0 Å². The van der Waals surface area contributed by atoms with E-state index in [4.69, 9.17) is 9.47 Å². The molecule has 1 unspecified atom stereocenters. The third-order valence-electron chi connectivity index (χ3n) is 2.53. The van der Waals surface area contributed by atoms with Gasteiger partial charge in [0.1, 0.15) is 16.4 Å². The number of hydrogen-bond acceptors (Lipinski definition) is 4. The molecule has 0 spiro atoms. The van der Waals surface area contributed by atoms with Crippen LogP contribution in [0.1, 0.15) is 12.5 Å². The number of ether oxygens (including phenoxy) is 2. The lowest BCUT2D eigenvalue weighted by Gasteiger charge is -2.23. The molecule has 0 aromatic heterocycles. The van der Waals surface area contributed by atoms with Crippen molar-refractivity contribution in [3.8, 4) is 11.5 Å². The van der Waals surface area contributed by atoms with Gasteiger partial charge in [0.2, 0.25) is 0 Å². The topological polar surface area (TPSA) is 38.7 Å². The van der Waals surface area contributed by atoms with Crippen LogP contribution in [0.4, 0.5) is 0 Å². The summed E-state index contributed by atoms with van der Waals surface area (Å²) in [6.45, 7) is 2.71. The van der Waals surface area contributed by atoms with Crippen molar-refractivity contribution in [2.45, 2.75) is 11.9 Å². The molecule has 0 bridgehead atoms. The van der Waals surface area contributed by atoms with Crippen LogP contribution in [0.3, 0.4) is 0 Å². The van der Waals surface area contributed by atoms with E-state index < -0.39 is 4.93 Å². The van der Waals surface area contributed by atoms with E-state index >= 15 is 0 Å². The zero-order chi connectivity index (χ0) is 10.9. The molecule has 1 fully saturated rings. The molecule has 0 aliphatic carbocycles. The minimum Gasteiger partial charge on any atom is -0.507 e. The normalized spacial score (nSPS) is 25.5. The monoisotopic (exact) mass is 226 g/mol. The van der Waals surface area contributed by atoms with E-state index in [1.807, 2.05) is 19.1 Å². The van der Waals surface area contributed by atoms with E-state index in [2.05, 4.69) is 0 Å². The Morgan fingerprint density at radius 2 is 2.33 bits per heavy atom. The Bertz CT molecular complexity index is 359. The lowest BCUT2D eigenvalue weighted by atomic mass is 10.1. The van der Waals surface area contributed by atoms with E-state index in [-0.39, 0.29) is 5.75 Å². The molecule has 1 aromatic rings. The van der Waals surface area contributed by atoms with Crippen molar-refractivity contribution in [3.05, 3.63) is 23.8 Å². The molecule has 1 atom stereocenters. The molecule has 1 N–H and O–H groups in total. The smallest absolute Gasteiger partial charge is 0.140 e. The summed E-state index contributed by atoms with van der Waals surface area (Å²) in [7, 11) is 1.58. The fraction of sp³-hybridized carbons (Fsp3) is 0.455. The maximum Gasteiger partial charge on any atom is 0.140 e. The molecule has 15 heavy (non-hydrogen) atoms. The Morgan fingerprint density at radius 1 is 1.53 bits per heavy atom. The van der Waals surface area contributed by atoms with Crippen molar-refractivity contribution in [3.63, 3.8) is 0 Å². The van der Waals surface area contributed by atoms with Crippen molar-refractivity contribution < 1.29 is 14.6 Å². The molecule has 2 rings (SSSR count). The quantitative estimate of drug-likeness (QED) is 0.840. The van der Waals surface area contributed by atoms with Gasteiger partial charge in [0, 0.05) is 17.4 Å². The molecule has 0 radical (unpaired) electrons. The van der Waals surface area contributed by atoms with Crippen LogP contribution in [0.2, 0.25) is 0 Å². The van der Waals surface area contributed by atoms with Crippen LogP contribution in [0.5, 0.6) is 11.5 Å². The summed E-state index contributed by atoms with van der Waals surface area (Å²) in [5.41, 5.74) is 0.811. The second-order valence-electron chi connectivity index (χ2n) is 3.53. The molecule has 3 nitrogen and oxygen atoms in total. The zero-order valence-electron chi connectivity index (χ0n) is 8.82. The molecule has 1 aliphatic rings. The highest BCUT2D eigenvalue weighted by Gasteiger charge is 2.35. The van der Waals surface area contributed by atoms with E-state index in [0.717, 1.165) is 17.9 Å². The molecular weight excluding hydrogens is 212 g/mol. The molecule has 0 saturated carbocycles. The number of phenolic OH excluding ortho intramolecular Hbond substituents is 1. The highest BCUT2D eigenvalue weighted by Crippen LogP contribution is 2.45. The summed E-state index contributed by atoms with van der Waals surface area (Å²) in [4.78, 5) is -0.420. The number of phenols is 1. The summed E-state index contributed by atoms with van der Waals surface area (Å²) in [5, 5.41) is 9.87. The van der Waals surface area contributed by atoms with Gasteiger partial charge in [-0.2, -0.15) is 0 Å². The van der Waals surface area contributed by atoms with Crippen molar-refractivity contribution in [2.75, 3.05) is 19.5 Å². The Hall–Kier alpha value is -0.870. The van der Waals surface area contributed by atoms with Gasteiger partial charge >= 0.3 is 0 Å². The van der Waals surface area contributed by atoms with Crippen molar-refractivity contribution in [1.29, 1.82) is 0 Å². The molecular formula is C11H14O3S. The minimum atomic E-state index is -0.420. The average Bonchev–Trinajstić information content (AvgIpc) is 2.65. The van der Waals surface area contributed by atoms with Gasteiger partial charge in [-0.05, 0) is 19.1 Å². The molecule has 0 amide bonds. The lowest BCUT2D eigenvalue weighted by molar-refractivity contribution is 0.0625. The third kappa shape index (κ3) is 1.92. The first kappa shape index (κ1) is 10.6. The first-order valence-corrected chi connectivity index (χ1v) is 5.80. The van der Waals surface area contributed by atoms with Crippen LogP contribution in [-0.4, -0.2) is 24.6 Å². The van der Waals surface area contributed by atoms with Crippen LogP contribution in [0.25, 0.3) is 0 Å². The summed E-state index contributed by atoms with van der Waals surface area (Å²) >= 11 is 1.70. The fourth-order valence-electron chi connectivity index (χ4n) is 1.69. The second kappa shape index (κ2) is 3.94. The largest absolute Gasteiger partial charge is 0.507 e. The van der Waals surface area contributed by atoms with Gasteiger partial charge in [-0.15, -0.1) is 11.8 Å². The molecule has 1 aromatic carbocycles. The highest BCUT2D eigenvalue weighted by atomic mass is 32.2. The molecule has 82 valence electrons. The van der Waals surface area contributed by atoms with Crippen molar-refractivity contribution in [2.24, 2.45) is 0 Å². The van der Waals surface area contributed by atoms with Crippen LogP contribution >= 0.6 is 11.8 Å². The maximum absolute atomic E-state index is 9.87. The predicted molar refractivity (Wildman–Crippen MR) is 60.4 cm³/mol. The summed E-state index contributed by atoms with van der Waals surface area (Å²) < 4.78 is 10.7. The average molecular weight is 226 g/mol. The van der Waals surface area contributed by atoms with Crippen LogP contribution in [-0.2, 0) is 9.67 Å². The Morgan fingerprint density at radius 3 is 2.87 bits per heavy atom. The zero-order valence-corrected chi connectivity index (χ0v) is 9.63. The van der Waals surface area contributed by atoms with Gasteiger partial charge in [0.15, 0.2) is 0 Å². The number of methoxy groups -OCH3 is 1.